The summed E-state index contributed by atoms with van der Waals surface area (Å²) in [6.07, 6.45) is -1.48. The van der Waals surface area contributed by atoms with Crippen molar-refractivity contribution in [3.05, 3.63) is 52.0 Å². The van der Waals surface area contributed by atoms with Gasteiger partial charge in [0.2, 0.25) is 0 Å². The number of amidine groups is 1. The van der Waals surface area contributed by atoms with E-state index in [1.165, 1.54) is 13.0 Å². The van der Waals surface area contributed by atoms with Gasteiger partial charge in [-0.05, 0) is 47.5 Å². The highest BCUT2D eigenvalue weighted by Gasteiger charge is 2.44. The van der Waals surface area contributed by atoms with Gasteiger partial charge in [-0.15, -0.1) is 0 Å². The van der Waals surface area contributed by atoms with Crippen LogP contribution in [-0.4, -0.2) is 18.7 Å². The molecule has 2 aromatic rings. The molecule has 1 aliphatic heterocycles. The highest BCUT2D eigenvalue weighted by Crippen LogP contribution is 2.36. The molecule has 1 aromatic carbocycles. The number of rotatable bonds is 4. The number of anilines is 1. The molecule has 122 valence electrons. The highest BCUT2D eigenvalue weighted by molar-refractivity contribution is 7.07. The van der Waals surface area contributed by atoms with Crippen LogP contribution in [0.1, 0.15) is 18.1 Å². The first-order valence-corrected chi connectivity index (χ1v) is 8.11. The fourth-order valence-electron chi connectivity index (χ4n) is 2.49. The third-order valence-electron chi connectivity index (χ3n) is 3.90. The number of hydrogen-bond donors (Lipinski definition) is 2. The van der Waals surface area contributed by atoms with Gasteiger partial charge in [-0.3, -0.25) is 0 Å². The molecule has 3 N–H and O–H groups in total. The third-order valence-corrected chi connectivity index (χ3v) is 4.63. The molecule has 0 radical (unpaired) electrons. The zero-order chi connectivity index (χ0) is 16.4. The van der Waals surface area contributed by atoms with Crippen LogP contribution in [0, 0.1) is 5.82 Å². The molecule has 2 atom stereocenters. The lowest BCUT2D eigenvalue weighted by atomic mass is 9.89. The number of hydrogen-bond acceptors (Lipinski definition) is 5. The highest BCUT2D eigenvalue weighted by atomic mass is 32.1. The number of thiophene rings is 1. The van der Waals surface area contributed by atoms with Gasteiger partial charge in [-0.25, -0.2) is 13.8 Å². The maximum Gasteiger partial charge on any atom is 0.283 e. The quantitative estimate of drug-likeness (QED) is 0.899. The maximum absolute atomic E-state index is 14.3. The lowest BCUT2D eigenvalue weighted by molar-refractivity contribution is -0.0231. The molecule has 1 aromatic heterocycles. The second kappa shape index (κ2) is 6.16. The van der Waals surface area contributed by atoms with E-state index in [1.807, 2.05) is 16.8 Å². The lowest BCUT2D eigenvalue weighted by Crippen LogP contribution is -2.46. The SMILES string of the molecule is C[C@]1(c2cc(NCc3ccsc3)ccc2F)OC(N)=NC[C@H]1F. The predicted molar refractivity (Wildman–Crippen MR) is 87.9 cm³/mol. The van der Waals surface area contributed by atoms with Crippen LogP contribution in [0.15, 0.2) is 40.0 Å². The van der Waals surface area contributed by atoms with Crippen molar-refractivity contribution in [2.75, 3.05) is 11.9 Å². The molecule has 0 saturated carbocycles. The van der Waals surface area contributed by atoms with Gasteiger partial charge in [0, 0.05) is 17.8 Å². The van der Waals surface area contributed by atoms with Crippen molar-refractivity contribution >= 4 is 23.0 Å². The Hall–Kier alpha value is -2.15. The molecule has 0 unspecified atom stereocenters. The maximum atomic E-state index is 14.3. The minimum Gasteiger partial charge on any atom is -0.451 e. The zero-order valence-corrected chi connectivity index (χ0v) is 13.4. The minimum absolute atomic E-state index is 0.123. The Morgan fingerprint density at radius 1 is 1.48 bits per heavy atom. The van der Waals surface area contributed by atoms with Gasteiger partial charge in [0.25, 0.3) is 6.02 Å². The van der Waals surface area contributed by atoms with E-state index in [2.05, 4.69) is 10.3 Å². The van der Waals surface area contributed by atoms with Crippen LogP contribution in [0.25, 0.3) is 0 Å². The van der Waals surface area contributed by atoms with Crippen molar-refractivity contribution in [2.45, 2.75) is 25.2 Å². The van der Waals surface area contributed by atoms with Crippen LogP contribution in [0.3, 0.4) is 0 Å². The number of nitrogens with zero attached hydrogens (tertiary/aromatic N) is 1. The summed E-state index contributed by atoms with van der Waals surface area (Å²) in [4.78, 5) is 3.71. The van der Waals surface area contributed by atoms with Crippen LogP contribution in [0.2, 0.25) is 0 Å². The van der Waals surface area contributed by atoms with Gasteiger partial charge in [-0.1, -0.05) is 0 Å². The summed E-state index contributed by atoms with van der Waals surface area (Å²) in [7, 11) is 0. The summed E-state index contributed by atoms with van der Waals surface area (Å²) in [6.45, 7) is 1.95. The first-order valence-electron chi connectivity index (χ1n) is 7.17. The van der Waals surface area contributed by atoms with E-state index in [-0.39, 0.29) is 18.1 Å². The van der Waals surface area contributed by atoms with Crippen LogP contribution in [0.4, 0.5) is 14.5 Å². The first-order chi connectivity index (χ1) is 11.0. The molecule has 7 heteroatoms. The van der Waals surface area contributed by atoms with Crippen molar-refractivity contribution in [3.8, 4) is 0 Å². The molecule has 0 bridgehead atoms. The van der Waals surface area contributed by atoms with Gasteiger partial charge in [0.15, 0.2) is 11.8 Å². The van der Waals surface area contributed by atoms with E-state index in [4.69, 9.17) is 10.5 Å². The molecule has 2 heterocycles. The number of aliphatic imine (C=N–C) groups is 1. The average molecular weight is 337 g/mol. The standard InChI is InChI=1S/C16H17F2N3OS/c1-16(14(18)8-21-15(19)22-16)12-6-11(2-3-13(12)17)20-7-10-4-5-23-9-10/h2-6,9,14,20H,7-8H2,1H3,(H2,19,21)/t14-,16-/m1/s1. The van der Waals surface area contributed by atoms with Gasteiger partial charge < -0.3 is 15.8 Å². The topological polar surface area (TPSA) is 59.6 Å². The third kappa shape index (κ3) is 3.14. The summed E-state index contributed by atoms with van der Waals surface area (Å²) in [5.74, 6) is -0.536. The normalized spacial score (nSPS) is 24.0. The van der Waals surface area contributed by atoms with E-state index in [0.29, 0.717) is 12.2 Å². The van der Waals surface area contributed by atoms with Crippen molar-refractivity contribution < 1.29 is 13.5 Å². The predicted octanol–water partition coefficient (Wildman–Crippen LogP) is 3.40. The molecule has 0 fully saturated rings. The number of alkyl halides is 1. The summed E-state index contributed by atoms with van der Waals surface area (Å²) >= 11 is 1.61. The van der Waals surface area contributed by atoms with Crippen LogP contribution in [-0.2, 0) is 16.9 Å². The Morgan fingerprint density at radius 2 is 2.30 bits per heavy atom. The number of nitrogens with one attached hydrogen (secondary N) is 1. The van der Waals surface area contributed by atoms with Gasteiger partial charge in [-0.2, -0.15) is 11.3 Å². The summed E-state index contributed by atoms with van der Waals surface area (Å²) in [5.41, 5.74) is 5.99. The van der Waals surface area contributed by atoms with E-state index in [0.717, 1.165) is 5.56 Å². The second-order valence-corrected chi connectivity index (χ2v) is 6.32. The molecule has 0 saturated heterocycles. The van der Waals surface area contributed by atoms with Crippen LogP contribution >= 0.6 is 11.3 Å². The molecule has 3 rings (SSSR count). The Balaban J connectivity index is 1.86. The molecule has 0 amide bonds. The Morgan fingerprint density at radius 3 is 3.04 bits per heavy atom. The number of benzene rings is 1. The average Bonchev–Trinajstić information content (AvgIpc) is 3.04. The van der Waals surface area contributed by atoms with Crippen molar-refractivity contribution in [2.24, 2.45) is 10.7 Å². The Kier molecular flexibility index (Phi) is 4.21. The summed E-state index contributed by atoms with van der Waals surface area (Å²) in [5, 5.41) is 7.21. The van der Waals surface area contributed by atoms with Gasteiger partial charge in [0.05, 0.1) is 6.54 Å². The van der Waals surface area contributed by atoms with Crippen molar-refractivity contribution in [1.29, 1.82) is 0 Å². The molecular formula is C16H17F2N3OS. The number of nitrogens with two attached hydrogens (primary N) is 1. The van der Waals surface area contributed by atoms with Crippen LogP contribution in [0.5, 0.6) is 0 Å². The van der Waals surface area contributed by atoms with E-state index in [9.17, 15) is 8.78 Å². The molecule has 4 nitrogen and oxygen atoms in total. The smallest absolute Gasteiger partial charge is 0.283 e. The number of ether oxygens (including phenoxy) is 1. The largest absolute Gasteiger partial charge is 0.451 e. The summed E-state index contributed by atoms with van der Waals surface area (Å²) < 4.78 is 33.9. The van der Waals surface area contributed by atoms with E-state index in [1.54, 1.807) is 23.5 Å². The van der Waals surface area contributed by atoms with Gasteiger partial charge in [0.1, 0.15) is 5.82 Å². The fraction of sp³-hybridized carbons (Fsp3) is 0.312. The Labute approximate surface area is 137 Å². The van der Waals surface area contributed by atoms with Crippen molar-refractivity contribution in [3.63, 3.8) is 0 Å². The molecule has 0 aliphatic carbocycles. The monoisotopic (exact) mass is 337 g/mol. The number of halogens is 2. The molecule has 1 aliphatic rings. The minimum atomic E-state index is -1.49. The lowest BCUT2D eigenvalue weighted by Gasteiger charge is -2.36. The molecule has 23 heavy (non-hydrogen) atoms. The van der Waals surface area contributed by atoms with Crippen LogP contribution < -0.4 is 11.1 Å². The van der Waals surface area contributed by atoms with Gasteiger partial charge >= 0.3 is 0 Å². The summed E-state index contributed by atoms with van der Waals surface area (Å²) in [6, 6.07) is 6.35. The van der Waals surface area contributed by atoms with E-state index < -0.39 is 17.6 Å². The second-order valence-electron chi connectivity index (χ2n) is 5.54. The molecule has 0 spiro atoms. The zero-order valence-electron chi connectivity index (χ0n) is 12.6. The fourth-order valence-corrected chi connectivity index (χ4v) is 3.16. The molecular weight excluding hydrogens is 320 g/mol. The Bertz CT molecular complexity index is 720. The van der Waals surface area contributed by atoms with Crippen molar-refractivity contribution in [1.82, 2.24) is 0 Å². The van der Waals surface area contributed by atoms with E-state index >= 15 is 0 Å². The first kappa shape index (κ1) is 15.7.